The molecule has 0 aliphatic carbocycles. The van der Waals surface area contributed by atoms with Gasteiger partial charge in [-0.05, 0) is 28.8 Å². The summed E-state index contributed by atoms with van der Waals surface area (Å²) in [6.07, 6.45) is 0.371. The number of hydrogen-bond donors (Lipinski definition) is 0. The first kappa shape index (κ1) is 13.4. The quantitative estimate of drug-likeness (QED) is 0.631. The van der Waals surface area contributed by atoms with Crippen LogP contribution < -0.4 is 4.74 Å². The minimum Gasteiger partial charge on any atom is -0.497 e. The molecule has 0 N–H and O–H groups in total. The fourth-order valence-corrected chi connectivity index (χ4v) is 2.42. The van der Waals surface area contributed by atoms with Gasteiger partial charge in [0.2, 0.25) is 0 Å². The number of methoxy groups -OCH3 is 1. The summed E-state index contributed by atoms with van der Waals surface area (Å²) in [7, 11) is 1.65. The monoisotopic (exact) mass is 280 g/mol. The first-order valence-corrected chi connectivity index (χ1v) is 6.80. The molecule has 0 amide bonds. The van der Waals surface area contributed by atoms with E-state index in [1.807, 2.05) is 48.5 Å². The molecule has 1 aliphatic heterocycles. The van der Waals surface area contributed by atoms with E-state index in [0.717, 1.165) is 22.4 Å². The Balaban J connectivity index is 1.80. The number of rotatable bonds is 3. The number of carbonyl (C=O) groups is 1. The summed E-state index contributed by atoms with van der Waals surface area (Å²) >= 11 is 0. The highest BCUT2D eigenvalue weighted by Crippen LogP contribution is 2.33. The summed E-state index contributed by atoms with van der Waals surface area (Å²) < 4.78 is 10.4. The van der Waals surface area contributed by atoms with Gasteiger partial charge in [0.1, 0.15) is 11.9 Å². The third kappa shape index (κ3) is 2.68. The molecule has 3 nitrogen and oxygen atoms in total. The molecule has 2 aromatic carbocycles. The van der Waals surface area contributed by atoms with Crippen LogP contribution in [0.25, 0.3) is 11.1 Å². The van der Waals surface area contributed by atoms with Crippen LogP contribution in [-0.4, -0.2) is 13.1 Å². The molecule has 0 bridgehead atoms. The molecule has 1 heterocycles. The normalized spacial score (nSPS) is 17.7. The average Bonchev–Trinajstić information content (AvgIpc) is 2.87. The van der Waals surface area contributed by atoms with Crippen molar-refractivity contribution < 1.29 is 14.3 Å². The average molecular weight is 280 g/mol. The molecule has 0 saturated carbocycles. The first-order valence-electron chi connectivity index (χ1n) is 6.80. The number of carbonyl (C=O) groups excluding carboxylic acids is 1. The maximum Gasteiger partial charge on any atom is 0.334 e. The molecule has 0 radical (unpaired) electrons. The van der Waals surface area contributed by atoms with Gasteiger partial charge < -0.3 is 9.47 Å². The van der Waals surface area contributed by atoms with E-state index in [-0.39, 0.29) is 12.1 Å². The van der Waals surface area contributed by atoms with Crippen molar-refractivity contribution in [2.24, 2.45) is 0 Å². The zero-order chi connectivity index (χ0) is 14.8. The van der Waals surface area contributed by atoms with E-state index >= 15 is 0 Å². The van der Waals surface area contributed by atoms with E-state index in [0.29, 0.717) is 12.0 Å². The Kier molecular flexibility index (Phi) is 3.48. The highest BCUT2D eigenvalue weighted by Gasteiger charge is 2.28. The Morgan fingerprint density at radius 1 is 1.05 bits per heavy atom. The third-order valence-corrected chi connectivity index (χ3v) is 3.68. The van der Waals surface area contributed by atoms with Gasteiger partial charge in [0, 0.05) is 12.0 Å². The maximum absolute atomic E-state index is 11.4. The van der Waals surface area contributed by atoms with E-state index < -0.39 is 0 Å². The Bertz CT molecular complexity index is 653. The highest BCUT2D eigenvalue weighted by molar-refractivity contribution is 5.90. The Labute approximate surface area is 123 Å². The van der Waals surface area contributed by atoms with Crippen LogP contribution in [0.4, 0.5) is 0 Å². The summed E-state index contributed by atoms with van der Waals surface area (Å²) in [4.78, 5) is 11.4. The van der Waals surface area contributed by atoms with Crippen molar-refractivity contribution in [1.29, 1.82) is 0 Å². The van der Waals surface area contributed by atoms with Gasteiger partial charge in [0.25, 0.3) is 0 Å². The highest BCUT2D eigenvalue weighted by atomic mass is 16.5. The molecule has 0 spiro atoms. The lowest BCUT2D eigenvalue weighted by molar-refractivity contribution is -0.139. The molecule has 1 unspecified atom stereocenters. The molecule has 3 rings (SSSR count). The van der Waals surface area contributed by atoms with Gasteiger partial charge in [0.05, 0.1) is 7.11 Å². The lowest BCUT2D eigenvalue weighted by Gasteiger charge is -2.10. The van der Waals surface area contributed by atoms with Crippen molar-refractivity contribution in [3.8, 4) is 16.9 Å². The van der Waals surface area contributed by atoms with Gasteiger partial charge in [-0.3, -0.25) is 0 Å². The molecule has 3 heteroatoms. The van der Waals surface area contributed by atoms with Crippen molar-refractivity contribution in [2.75, 3.05) is 7.11 Å². The number of ether oxygens (including phenoxy) is 2. The SMILES string of the molecule is C=C1CC(c2ccc(-c3ccc(OC)cc3)cc2)OC1=O. The second kappa shape index (κ2) is 5.44. The summed E-state index contributed by atoms with van der Waals surface area (Å²) in [5.41, 5.74) is 3.78. The van der Waals surface area contributed by atoms with E-state index in [9.17, 15) is 4.79 Å². The third-order valence-electron chi connectivity index (χ3n) is 3.68. The van der Waals surface area contributed by atoms with Gasteiger partial charge in [-0.25, -0.2) is 4.79 Å². The zero-order valence-electron chi connectivity index (χ0n) is 11.8. The van der Waals surface area contributed by atoms with Crippen molar-refractivity contribution in [3.05, 3.63) is 66.2 Å². The number of esters is 1. The smallest absolute Gasteiger partial charge is 0.334 e. The van der Waals surface area contributed by atoms with Gasteiger partial charge in [-0.15, -0.1) is 0 Å². The number of cyclic esters (lactones) is 1. The molecular weight excluding hydrogens is 264 g/mol. The number of benzene rings is 2. The minimum atomic E-state index is -0.292. The summed E-state index contributed by atoms with van der Waals surface area (Å²) in [6.45, 7) is 3.71. The van der Waals surface area contributed by atoms with Crippen LogP contribution in [0, 0.1) is 0 Å². The molecule has 21 heavy (non-hydrogen) atoms. The summed E-state index contributed by atoms with van der Waals surface area (Å²) in [5.74, 6) is 0.547. The zero-order valence-corrected chi connectivity index (χ0v) is 11.8. The van der Waals surface area contributed by atoms with Gasteiger partial charge in [0.15, 0.2) is 0 Å². The number of hydrogen-bond acceptors (Lipinski definition) is 3. The maximum atomic E-state index is 11.4. The van der Waals surface area contributed by atoms with Crippen LogP contribution in [0.1, 0.15) is 18.1 Å². The predicted octanol–water partition coefficient (Wildman–Crippen LogP) is 3.91. The summed E-state index contributed by atoms with van der Waals surface area (Å²) in [5, 5.41) is 0. The summed E-state index contributed by atoms with van der Waals surface area (Å²) in [6, 6.07) is 16.0. The Morgan fingerprint density at radius 2 is 1.62 bits per heavy atom. The van der Waals surface area contributed by atoms with Crippen LogP contribution in [0.15, 0.2) is 60.7 Å². The molecular formula is C18H16O3. The van der Waals surface area contributed by atoms with Crippen molar-refractivity contribution in [1.82, 2.24) is 0 Å². The van der Waals surface area contributed by atoms with E-state index in [1.54, 1.807) is 7.11 Å². The van der Waals surface area contributed by atoms with E-state index in [1.165, 1.54) is 0 Å². The molecule has 0 aromatic heterocycles. The Hall–Kier alpha value is -2.55. The molecule has 1 atom stereocenters. The predicted molar refractivity (Wildman–Crippen MR) is 81.0 cm³/mol. The van der Waals surface area contributed by atoms with Crippen LogP contribution in [0.2, 0.25) is 0 Å². The second-order valence-electron chi connectivity index (χ2n) is 5.05. The van der Waals surface area contributed by atoms with E-state index in [2.05, 4.69) is 6.58 Å². The molecule has 1 aliphatic rings. The molecule has 2 aromatic rings. The second-order valence-corrected chi connectivity index (χ2v) is 5.05. The van der Waals surface area contributed by atoms with Gasteiger partial charge in [-0.1, -0.05) is 43.0 Å². The standard InChI is InChI=1S/C18H16O3/c1-12-11-17(21-18(12)19)15-5-3-13(4-6-15)14-7-9-16(20-2)10-8-14/h3-10,17H,1,11H2,2H3. The minimum absolute atomic E-state index is 0.199. The molecule has 106 valence electrons. The van der Waals surface area contributed by atoms with E-state index in [4.69, 9.17) is 9.47 Å². The molecule has 1 saturated heterocycles. The lowest BCUT2D eigenvalue weighted by atomic mass is 10.00. The molecule has 1 fully saturated rings. The van der Waals surface area contributed by atoms with Gasteiger partial charge in [-0.2, -0.15) is 0 Å². The fourth-order valence-electron chi connectivity index (χ4n) is 2.42. The Morgan fingerprint density at radius 3 is 2.10 bits per heavy atom. The van der Waals surface area contributed by atoms with Gasteiger partial charge >= 0.3 is 5.97 Å². The van der Waals surface area contributed by atoms with Crippen LogP contribution in [-0.2, 0) is 9.53 Å². The topological polar surface area (TPSA) is 35.5 Å². The fraction of sp³-hybridized carbons (Fsp3) is 0.167. The van der Waals surface area contributed by atoms with Crippen LogP contribution in [0.3, 0.4) is 0 Å². The van der Waals surface area contributed by atoms with Crippen molar-refractivity contribution in [3.63, 3.8) is 0 Å². The van der Waals surface area contributed by atoms with Crippen LogP contribution in [0.5, 0.6) is 5.75 Å². The van der Waals surface area contributed by atoms with Crippen molar-refractivity contribution in [2.45, 2.75) is 12.5 Å². The first-order chi connectivity index (χ1) is 10.2. The van der Waals surface area contributed by atoms with Crippen LogP contribution >= 0.6 is 0 Å². The largest absolute Gasteiger partial charge is 0.497 e. The van der Waals surface area contributed by atoms with Crippen molar-refractivity contribution >= 4 is 5.97 Å². The lowest BCUT2D eigenvalue weighted by Crippen LogP contribution is -1.98.